The van der Waals surface area contributed by atoms with Crippen molar-refractivity contribution in [1.29, 1.82) is 0 Å². The fourth-order valence-corrected chi connectivity index (χ4v) is 2.90. The molecule has 2 aromatic carbocycles. The highest BCUT2D eigenvalue weighted by Gasteiger charge is 2.12. The Morgan fingerprint density at radius 1 is 1.08 bits per heavy atom. The van der Waals surface area contributed by atoms with Crippen molar-refractivity contribution in [2.45, 2.75) is 13.1 Å². The molecule has 26 heavy (non-hydrogen) atoms. The summed E-state index contributed by atoms with van der Waals surface area (Å²) in [6.07, 6.45) is 2.85. The zero-order chi connectivity index (χ0) is 18.2. The predicted octanol–water partition coefficient (Wildman–Crippen LogP) is 2.99. The smallest absolute Gasteiger partial charge is 0.244 e. The lowest BCUT2D eigenvalue weighted by Crippen LogP contribution is -2.36. The average Bonchev–Trinajstić information content (AvgIpc) is 2.67. The van der Waals surface area contributed by atoms with E-state index in [1.807, 2.05) is 18.2 Å². The molecule has 1 heterocycles. The third-order valence-corrected chi connectivity index (χ3v) is 4.39. The standard InChI is InChI=1S/C21H23FN2O2/c22-20-8-4-3-5-17(20)9-10-21(25)23-15-18-6-1-2-7-19(18)16-24-11-13-26-14-12-24/h1-10H,11-16H2,(H,23,25)/b10-9+. The van der Waals surface area contributed by atoms with Crippen LogP contribution in [-0.4, -0.2) is 37.1 Å². The van der Waals surface area contributed by atoms with Gasteiger partial charge in [-0.3, -0.25) is 9.69 Å². The van der Waals surface area contributed by atoms with Gasteiger partial charge in [0.25, 0.3) is 0 Å². The topological polar surface area (TPSA) is 41.6 Å². The summed E-state index contributed by atoms with van der Waals surface area (Å²) in [5.41, 5.74) is 2.69. The van der Waals surface area contributed by atoms with E-state index in [0.29, 0.717) is 12.1 Å². The molecule has 0 bridgehead atoms. The maximum Gasteiger partial charge on any atom is 0.244 e. The Kier molecular flexibility index (Phi) is 6.52. The first-order chi connectivity index (χ1) is 12.7. The van der Waals surface area contributed by atoms with Crippen molar-refractivity contribution in [3.63, 3.8) is 0 Å². The highest BCUT2D eigenvalue weighted by molar-refractivity contribution is 5.91. The molecule has 4 nitrogen and oxygen atoms in total. The van der Waals surface area contributed by atoms with E-state index < -0.39 is 0 Å². The molecule has 0 saturated carbocycles. The molecule has 1 N–H and O–H groups in total. The maximum absolute atomic E-state index is 13.6. The van der Waals surface area contributed by atoms with E-state index in [-0.39, 0.29) is 11.7 Å². The Hall–Kier alpha value is -2.50. The summed E-state index contributed by atoms with van der Waals surface area (Å²) >= 11 is 0. The number of hydrogen-bond acceptors (Lipinski definition) is 3. The summed E-state index contributed by atoms with van der Waals surface area (Å²) in [6.45, 7) is 4.67. The third-order valence-electron chi connectivity index (χ3n) is 4.39. The lowest BCUT2D eigenvalue weighted by Gasteiger charge is -2.27. The van der Waals surface area contributed by atoms with Crippen LogP contribution in [0.15, 0.2) is 54.6 Å². The van der Waals surface area contributed by atoms with Crippen molar-refractivity contribution in [2.24, 2.45) is 0 Å². The first-order valence-electron chi connectivity index (χ1n) is 8.80. The second kappa shape index (κ2) is 9.27. The molecular weight excluding hydrogens is 331 g/mol. The van der Waals surface area contributed by atoms with E-state index in [2.05, 4.69) is 16.3 Å². The number of carbonyl (C=O) groups is 1. The number of ether oxygens (including phenoxy) is 1. The second-order valence-corrected chi connectivity index (χ2v) is 6.23. The van der Waals surface area contributed by atoms with Crippen molar-refractivity contribution >= 4 is 12.0 Å². The van der Waals surface area contributed by atoms with Gasteiger partial charge in [0.05, 0.1) is 13.2 Å². The van der Waals surface area contributed by atoms with Crippen LogP contribution in [0.1, 0.15) is 16.7 Å². The number of rotatable bonds is 6. The Morgan fingerprint density at radius 3 is 2.54 bits per heavy atom. The van der Waals surface area contributed by atoms with Crippen molar-refractivity contribution in [2.75, 3.05) is 26.3 Å². The summed E-state index contributed by atoms with van der Waals surface area (Å²) in [5.74, 6) is -0.582. The van der Waals surface area contributed by atoms with Crippen LogP contribution in [0.5, 0.6) is 0 Å². The number of halogens is 1. The molecule has 1 aliphatic heterocycles. The van der Waals surface area contributed by atoms with Crippen LogP contribution in [-0.2, 0) is 22.6 Å². The molecule has 5 heteroatoms. The summed E-state index contributed by atoms with van der Waals surface area (Å²) in [5, 5.41) is 2.87. The van der Waals surface area contributed by atoms with E-state index in [1.54, 1.807) is 18.2 Å². The molecule has 1 aliphatic rings. The monoisotopic (exact) mass is 354 g/mol. The Morgan fingerprint density at radius 2 is 1.77 bits per heavy atom. The van der Waals surface area contributed by atoms with E-state index >= 15 is 0 Å². The molecule has 0 radical (unpaired) electrons. The summed E-state index contributed by atoms with van der Waals surface area (Å²) in [4.78, 5) is 14.4. The number of carbonyl (C=O) groups excluding carboxylic acids is 1. The highest BCUT2D eigenvalue weighted by Crippen LogP contribution is 2.13. The van der Waals surface area contributed by atoms with Gasteiger partial charge < -0.3 is 10.1 Å². The molecule has 1 saturated heterocycles. The molecule has 3 rings (SSSR count). The molecular formula is C21H23FN2O2. The van der Waals surface area contributed by atoms with Gasteiger partial charge in [0, 0.05) is 37.8 Å². The molecule has 1 fully saturated rings. The minimum absolute atomic E-state index is 0.241. The average molecular weight is 354 g/mol. The molecule has 1 amide bonds. The molecule has 0 unspecified atom stereocenters. The number of hydrogen-bond donors (Lipinski definition) is 1. The SMILES string of the molecule is O=C(/C=C/c1ccccc1F)NCc1ccccc1CN1CCOCC1. The summed E-state index contributed by atoms with van der Waals surface area (Å²) < 4.78 is 19.0. The third kappa shape index (κ3) is 5.25. The van der Waals surface area contributed by atoms with Gasteiger partial charge in [-0.25, -0.2) is 4.39 Å². The van der Waals surface area contributed by atoms with Gasteiger partial charge in [-0.1, -0.05) is 42.5 Å². The minimum Gasteiger partial charge on any atom is -0.379 e. The number of morpholine rings is 1. The van der Waals surface area contributed by atoms with E-state index in [4.69, 9.17) is 4.74 Å². The van der Waals surface area contributed by atoms with Gasteiger partial charge in [0.2, 0.25) is 5.91 Å². The first kappa shape index (κ1) is 18.3. The molecule has 136 valence electrons. The largest absolute Gasteiger partial charge is 0.379 e. The zero-order valence-corrected chi connectivity index (χ0v) is 14.7. The molecule has 0 aromatic heterocycles. The van der Waals surface area contributed by atoms with Crippen LogP contribution < -0.4 is 5.32 Å². The van der Waals surface area contributed by atoms with Crippen LogP contribution in [0.2, 0.25) is 0 Å². The lowest BCUT2D eigenvalue weighted by molar-refractivity contribution is -0.116. The van der Waals surface area contributed by atoms with Gasteiger partial charge in [0.1, 0.15) is 5.82 Å². The second-order valence-electron chi connectivity index (χ2n) is 6.23. The highest BCUT2D eigenvalue weighted by atomic mass is 19.1. The van der Waals surface area contributed by atoms with Gasteiger partial charge in [-0.2, -0.15) is 0 Å². The number of nitrogens with zero attached hydrogens (tertiary/aromatic N) is 1. The summed E-state index contributed by atoms with van der Waals surface area (Å²) in [7, 11) is 0. The van der Waals surface area contributed by atoms with Crippen LogP contribution in [0.25, 0.3) is 6.08 Å². The predicted molar refractivity (Wildman–Crippen MR) is 99.8 cm³/mol. The number of nitrogens with one attached hydrogen (secondary N) is 1. The van der Waals surface area contributed by atoms with Crippen LogP contribution in [0, 0.1) is 5.82 Å². The van der Waals surface area contributed by atoms with Crippen molar-refractivity contribution < 1.29 is 13.9 Å². The zero-order valence-electron chi connectivity index (χ0n) is 14.7. The molecule has 0 aliphatic carbocycles. The molecule has 0 atom stereocenters. The number of amides is 1. The van der Waals surface area contributed by atoms with Crippen molar-refractivity contribution in [3.05, 3.63) is 77.1 Å². The molecule has 0 spiro atoms. The van der Waals surface area contributed by atoms with E-state index in [0.717, 1.165) is 38.4 Å². The number of benzene rings is 2. The first-order valence-corrected chi connectivity index (χ1v) is 8.80. The van der Waals surface area contributed by atoms with Gasteiger partial charge in [0.15, 0.2) is 0 Å². The van der Waals surface area contributed by atoms with Gasteiger partial charge in [-0.15, -0.1) is 0 Å². The normalized spacial score (nSPS) is 15.3. The van der Waals surface area contributed by atoms with Crippen molar-refractivity contribution in [3.8, 4) is 0 Å². The lowest BCUT2D eigenvalue weighted by atomic mass is 10.1. The van der Waals surface area contributed by atoms with Crippen LogP contribution >= 0.6 is 0 Å². The van der Waals surface area contributed by atoms with Crippen LogP contribution in [0.3, 0.4) is 0 Å². The Labute approximate surface area is 153 Å². The van der Waals surface area contributed by atoms with E-state index in [9.17, 15) is 9.18 Å². The van der Waals surface area contributed by atoms with Gasteiger partial charge in [-0.05, 0) is 23.3 Å². The minimum atomic E-state index is -0.340. The maximum atomic E-state index is 13.6. The summed E-state index contributed by atoms with van der Waals surface area (Å²) in [6, 6.07) is 14.5. The fraction of sp³-hybridized carbons (Fsp3) is 0.286. The van der Waals surface area contributed by atoms with E-state index in [1.165, 1.54) is 23.8 Å². The molecule has 2 aromatic rings. The van der Waals surface area contributed by atoms with Crippen LogP contribution in [0.4, 0.5) is 4.39 Å². The Balaban J connectivity index is 1.57. The van der Waals surface area contributed by atoms with Gasteiger partial charge >= 0.3 is 0 Å². The Bertz CT molecular complexity index is 770. The fourth-order valence-electron chi connectivity index (χ4n) is 2.90. The quantitative estimate of drug-likeness (QED) is 0.811. The van der Waals surface area contributed by atoms with Crippen molar-refractivity contribution in [1.82, 2.24) is 10.2 Å².